The molecule has 0 atom stereocenters. The molecule has 1 fully saturated rings. The van der Waals surface area contributed by atoms with E-state index in [9.17, 15) is 13.2 Å². The van der Waals surface area contributed by atoms with Crippen molar-refractivity contribution in [1.82, 2.24) is 4.31 Å². The molecule has 2 N–H and O–H groups in total. The summed E-state index contributed by atoms with van der Waals surface area (Å²) in [5.41, 5.74) is 6.82. The molecule has 1 saturated heterocycles. The Balaban J connectivity index is 2.17. The maximum absolute atomic E-state index is 12.6. The second-order valence-electron chi connectivity index (χ2n) is 5.23. The number of sulfonamides is 1. The van der Waals surface area contributed by atoms with Crippen LogP contribution < -0.4 is 5.73 Å². The molecule has 0 unspecified atom stereocenters. The Hall–Kier alpha value is -1.60. The molecule has 0 spiro atoms. The van der Waals surface area contributed by atoms with E-state index in [1.165, 1.54) is 17.5 Å². The molecule has 0 aliphatic carbocycles. The summed E-state index contributed by atoms with van der Waals surface area (Å²) >= 11 is 0. The van der Waals surface area contributed by atoms with E-state index >= 15 is 0 Å². The number of nitrogen functional groups attached to an aromatic ring is 1. The summed E-state index contributed by atoms with van der Waals surface area (Å²) in [6, 6.07) is 4.77. The highest BCUT2D eigenvalue weighted by atomic mass is 32.2. The van der Waals surface area contributed by atoms with Crippen molar-refractivity contribution in [3.63, 3.8) is 0 Å². The van der Waals surface area contributed by atoms with Crippen LogP contribution in [0, 0.1) is 12.8 Å². The highest BCUT2D eigenvalue weighted by molar-refractivity contribution is 7.89. The monoisotopic (exact) mass is 312 g/mol. The van der Waals surface area contributed by atoms with Gasteiger partial charge in [-0.1, -0.05) is 0 Å². The Morgan fingerprint density at radius 2 is 1.95 bits per heavy atom. The van der Waals surface area contributed by atoms with Gasteiger partial charge in [-0.05, 0) is 43.5 Å². The summed E-state index contributed by atoms with van der Waals surface area (Å²) < 4.78 is 31.4. The van der Waals surface area contributed by atoms with Crippen LogP contribution in [0.2, 0.25) is 0 Å². The largest absolute Gasteiger partial charge is 0.469 e. The summed E-state index contributed by atoms with van der Waals surface area (Å²) in [6.45, 7) is 2.38. The number of nitrogens with zero attached hydrogens (tertiary/aromatic N) is 1. The van der Waals surface area contributed by atoms with Gasteiger partial charge in [-0.15, -0.1) is 0 Å². The Labute approximate surface area is 124 Å². The van der Waals surface area contributed by atoms with Gasteiger partial charge >= 0.3 is 5.97 Å². The highest BCUT2D eigenvalue weighted by Crippen LogP contribution is 2.27. The summed E-state index contributed by atoms with van der Waals surface area (Å²) in [6.07, 6.45) is 0.972. The number of hydrogen-bond acceptors (Lipinski definition) is 5. The van der Waals surface area contributed by atoms with E-state index in [1.54, 1.807) is 19.1 Å². The van der Waals surface area contributed by atoms with Crippen molar-refractivity contribution >= 4 is 21.7 Å². The van der Waals surface area contributed by atoms with Crippen LogP contribution in [0.1, 0.15) is 18.4 Å². The number of aryl methyl sites for hydroxylation is 1. The van der Waals surface area contributed by atoms with Crippen LogP contribution in [0.5, 0.6) is 0 Å². The number of methoxy groups -OCH3 is 1. The fourth-order valence-corrected chi connectivity index (χ4v) is 4.28. The predicted molar refractivity (Wildman–Crippen MR) is 79.1 cm³/mol. The minimum absolute atomic E-state index is 0.214. The van der Waals surface area contributed by atoms with Crippen molar-refractivity contribution in [3.8, 4) is 0 Å². The molecule has 0 aromatic heterocycles. The smallest absolute Gasteiger partial charge is 0.308 e. The van der Waals surface area contributed by atoms with Gasteiger partial charge in [0.15, 0.2) is 0 Å². The van der Waals surface area contributed by atoms with E-state index in [0.29, 0.717) is 37.2 Å². The normalized spacial score (nSPS) is 17.6. The number of esters is 1. The molecule has 1 heterocycles. The van der Waals surface area contributed by atoms with Gasteiger partial charge in [-0.2, -0.15) is 4.31 Å². The van der Waals surface area contributed by atoms with Crippen molar-refractivity contribution in [1.29, 1.82) is 0 Å². The molecule has 1 aliphatic rings. The van der Waals surface area contributed by atoms with Gasteiger partial charge in [-0.3, -0.25) is 4.79 Å². The Morgan fingerprint density at radius 1 is 1.33 bits per heavy atom. The number of carbonyl (C=O) groups excluding carboxylic acids is 1. The minimum atomic E-state index is -3.54. The van der Waals surface area contributed by atoms with Crippen molar-refractivity contribution < 1.29 is 17.9 Å². The highest BCUT2D eigenvalue weighted by Gasteiger charge is 2.33. The Bertz CT molecular complexity index is 634. The second-order valence-corrected chi connectivity index (χ2v) is 7.13. The predicted octanol–water partition coefficient (Wildman–Crippen LogP) is 1.15. The van der Waals surface area contributed by atoms with Gasteiger partial charge in [0.05, 0.1) is 17.9 Å². The van der Waals surface area contributed by atoms with Gasteiger partial charge in [-0.25, -0.2) is 8.42 Å². The topological polar surface area (TPSA) is 89.7 Å². The quantitative estimate of drug-likeness (QED) is 0.668. The van der Waals surface area contributed by atoms with Crippen LogP contribution in [-0.4, -0.2) is 38.9 Å². The molecule has 7 heteroatoms. The molecular weight excluding hydrogens is 292 g/mol. The number of ether oxygens (including phenoxy) is 1. The summed E-state index contributed by atoms with van der Waals surface area (Å²) in [5.74, 6) is -0.482. The molecule has 0 amide bonds. The van der Waals surface area contributed by atoms with E-state index in [0.717, 1.165) is 0 Å². The Kier molecular flexibility index (Phi) is 4.53. The van der Waals surface area contributed by atoms with Gasteiger partial charge in [0, 0.05) is 18.8 Å². The SMILES string of the molecule is COC(=O)C1CCN(S(=O)(=O)c2ccc(N)cc2C)CC1. The fourth-order valence-electron chi connectivity index (χ4n) is 2.60. The third kappa shape index (κ3) is 3.19. The van der Waals surface area contributed by atoms with Crippen molar-refractivity contribution in [2.75, 3.05) is 25.9 Å². The third-order valence-corrected chi connectivity index (χ3v) is 5.86. The summed E-state index contributed by atoms with van der Waals surface area (Å²) in [5, 5.41) is 0. The standard InChI is InChI=1S/C14H20N2O4S/c1-10-9-12(15)3-4-13(10)21(18,19)16-7-5-11(6-8-16)14(17)20-2/h3-4,9,11H,5-8,15H2,1-2H3. The molecule has 0 radical (unpaired) electrons. The molecule has 1 aliphatic heterocycles. The molecule has 21 heavy (non-hydrogen) atoms. The van der Waals surface area contributed by atoms with Crippen LogP contribution in [-0.2, 0) is 19.6 Å². The summed E-state index contributed by atoms with van der Waals surface area (Å²) in [4.78, 5) is 11.8. The van der Waals surface area contributed by atoms with Gasteiger partial charge < -0.3 is 10.5 Å². The zero-order valence-electron chi connectivity index (χ0n) is 12.2. The number of hydrogen-bond donors (Lipinski definition) is 1. The lowest BCUT2D eigenvalue weighted by Gasteiger charge is -2.30. The first-order valence-corrected chi connectivity index (χ1v) is 8.24. The van der Waals surface area contributed by atoms with Crippen molar-refractivity contribution in [2.24, 2.45) is 5.92 Å². The van der Waals surface area contributed by atoms with Crippen LogP contribution in [0.3, 0.4) is 0 Å². The first-order valence-electron chi connectivity index (χ1n) is 6.80. The first kappa shape index (κ1) is 15.8. The van der Waals surface area contributed by atoms with E-state index < -0.39 is 10.0 Å². The van der Waals surface area contributed by atoms with Gasteiger partial charge in [0.2, 0.25) is 10.0 Å². The number of rotatable bonds is 3. The number of nitrogens with two attached hydrogens (primary N) is 1. The van der Waals surface area contributed by atoms with E-state index in [1.807, 2.05) is 0 Å². The number of anilines is 1. The average Bonchev–Trinajstić information content (AvgIpc) is 2.46. The fraction of sp³-hybridized carbons (Fsp3) is 0.500. The van der Waals surface area contributed by atoms with E-state index in [4.69, 9.17) is 10.5 Å². The van der Waals surface area contributed by atoms with Crippen LogP contribution in [0.15, 0.2) is 23.1 Å². The molecule has 116 valence electrons. The first-order chi connectivity index (χ1) is 9.86. The molecule has 1 aromatic carbocycles. The number of piperidine rings is 1. The van der Waals surface area contributed by atoms with Crippen LogP contribution in [0.4, 0.5) is 5.69 Å². The zero-order chi connectivity index (χ0) is 15.6. The lowest BCUT2D eigenvalue weighted by Crippen LogP contribution is -2.40. The molecule has 0 saturated carbocycles. The lowest BCUT2D eigenvalue weighted by atomic mass is 9.99. The lowest BCUT2D eigenvalue weighted by molar-refractivity contribution is -0.146. The molecule has 0 bridgehead atoms. The second kappa shape index (κ2) is 6.03. The maximum atomic E-state index is 12.6. The van der Waals surface area contributed by atoms with E-state index in [-0.39, 0.29) is 16.8 Å². The molecular formula is C14H20N2O4S. The van der Waals surface area contributed by atoms with Crippen LogP contribution in [0.25, 0.3) is 0 Å². The number of benzene rings is 1. The molecule has 6 nitrogen and oxygen atoms in total. The maximum Gasteiger partial charge on any atom is 0.308 e. The zero-order valence-corrected chi connectivity index (χ0v) is 13.0. The third-order valence-electron chi connectivity index (χ3n) is 3.81. The van der Waals surface area contributed by atoms with Gasteiger partial charge in [0.25, 0.3) is 0 Å². The summed E-state index contributed by atoms with van der Waals surface area (Å²) in [7, 11) is -2.19. The average molecular weight is 312 g/mol. The molecule has 2 rings (SSSR count). The van der Waals surface area contributed by atoms with Crippen molar-refractivity contribution in [3.05, 3.63) is 23.8 Å². The van der Waals surface area contributed by atoms with Crippen LogP contribution >= 0.6 is 0 Å². The molecule has 1 aromatic rings. The number of carbonyl (C=O) groups is 1. The van der Waals surface area contributed by atoms with Crippen molar-refractivity contribution in [2.45, 2.75) is 24.7 Å². The van der Waals surface area contributed by atoms with Gasteiger partial charge in [0.1, 0.15) is 0 Å². The minimum Gasteiger partial charge on any atom is -0.469 e. The Morgan fingerprint density at radius 3 is 2.48 bits per heavy atom. The van der Waals surface area contributed by atoms with E-state index in [2.05, 4.69) is 0 Å².